The van der Waals surface area contributed by atoms with Gasteiger partial charge in [0, 0.05) is 48.1 Å². The van der Waals surface area contributed by atoms with E-state index < -0.39 is 71.9 Å². The second-order valence-corrected chi connectivity index (χ2v) is 24.0. The quantitative estimate of drug-likeness (QED) is 0.0209. The molecule has 1 aliphatic heterocycles. The van der Waals surface area contributed by atoms with Crippen molar-refractivity contribution >= 4 is 70.4 Å². The molecule has 2 aliphatic carbocycles. The number of thiazole rings is 2. The number of rotatable bonds is 22. The zero-order valence-electron chi connectivity index (χ0n) is 48.8. The highest BCUT2D eigenvalue weighted by atomic mass is 32.1. The van der Waals surface area contributed by atoms with E-state index in [0.717, 1.165) is 98.0 Å². The number of alkyl carbamates (subject to hydrolysis) is 2. The number of unbranched alkanes of at least 4 members (excludes halogenated alkanes) is 2. The van der Waals surface area contributed by atoms with E-state index in [9.17, 15) is 38.4 Å². The van der Waals surface area contributed by atoms with Crippen molar-refractivity contribution in [3.63, 3.8) is 0 Å². The molecular formula is C62H74N10O14S2. The number of hydrogen-bond donors (Lipinski definition) is 6. The van der Waals surface area contributed by atoms with Gasteiger partial charge in [0.05, 0.1) is 24.5 Å². The second-order valence-electron chi connectivity index (χ2n) is 21.9. The predicted molar refractivity (Wildman–Crippen MR) is 319 cm³/mol. The van der Waals surface area contributed by atoms with Gasteiger partial charge in [-0.05, 0) is 114 Å². The Morgan fingerprint density at radius 1 is 0.477 bits per heavy atom. The van der Waals surface area contributed by atoms with Gasteiger partial charge < -0.3 is 59.7 Å². The van der Waals surface area contributed by atoms with E-state index in [4.69, 9.17) is 27.8 Å². The highest BCUT2D eigenvalue weighted by Crippen LogP contribution is 2.32. The van der Waals surface area contributed by atoms with Crippen LogP contribution in [0.25, 0.3) is 0 Å². The molecule has 2 fully saturated rings. The standard InChI is InChI=1S/C62H74N10O14S2/c73-51(83-41-21-9-3-10-22-41)29-27-43-49-35-67-59(87-49)55(77)71-45(25-13-15-31-63-61(79)81-37-39-17-5-1-6-18-39)57-65-33-47(85-57)53(75)69-44(28-30-52(74)84-42-23-11-4-12-24-42)50-36-68-60(88-50)56(78)72-46(58-66-34-48(86-58)54(76)70-43)26-14-16-32-64-62(80)82-38-40-19-7-2-8-20-40/h1-2,5-8,17-20,33-36,41-46H,3-4,9-16,21-32,37-38H2,(H,63,79)(H,64,80)(H,69,75)(H,70,76)(H,71,77)(H,72,78)/t43-,44-,45-,46-/m0/s1. The van der Waals surface area contributed by atoms with Gasteiger partial charge in [-0.1, -0.05) is 73.5 Å². The maximum absolute atomic E-state index is 14.3. The number of carbonyl (C=O) groups is 8. The Kier molecular flexibility index (Phi) is 24.0. The number of nitrogens with one attached hydrogen (secondary N) is 6. The van der Waals surface area contributed by atoms with Crippen LogP contribution in [-0.4, -0.2) is 93.0 Å². The normalized spacial score (nSPS) is 18.7. The molecule has 2 saturated carbocycles. The van der Waals surface area contributed by atoms with Crippen LogP contribution in [0, 0.1) is 0 Å². The third-order valence-corrected chi connectivity index (χ3v) is 17.4. The highest BCUT2D eigenvalue weighted by Gasteiger charge is 2.31. The van der Waals surface area contributed by atoms with Crippen molar-refractivity contribution in [2.24, 2.45) is 0 Å². The summed E-state index contributed by atoms with van der Waals surface area (Å²) in [6.45, 7) is 0.675. The van der Waals surface area contributed by atoms with Crippen molar-refractivity contribution in [2.75, 3.05) is 13.1 Å². The van der Waals surface area contributed by atoms with Crippen LogP contribution in [0.15, 0.2) is 94.3 Å². The molecule has 6 amide bonds. The molecule has 3 aliphatic rings. The van der Waals surface area contributed by atoms with Crippen LogP contribution in [0.2, 0.25) is 0 Å². The number of nitrogens with zero attached hydrogens (tertiary/aromatic N) is 4. The molecule has 4 atom stereocenters. The van der Waals surface area contributed by atoms with Crippen molar-refractivity contribution < 1.29 is 66.1 Å². The van der Waals surface area contributed by atoms with E-state index in [1.807, 2.05) is 60.7 Å². The van der Waals surface area contributed by atoms with Gasteiger partial charge >= 0.3 is 24.1 Å². The SMILES string of the molecule is O=C(CC[C@@H]1NC(=O)c2cnc(o2)[C@H](CCCCNC(=O)OCc2ccccc2)NC(=O)c2ncc(s2)[C@H](CCC(=O)OC2CCCCC2)NC(=O)c2cnc(o2)[C@H](CCCCNC(=O)OCc2ccccc2)NC(=O)c2ncc1s2)OC1CCCCC1. The first-order valence-electron chi connectivity index (χ1n) is 30.2. The van der Waals surface area contributed by atoms with Crippen LogP contribution in [0.5, 0.6) is 0 Å². The van der Waals surface area contributed by atoms with E-state index >= 15 is 0 Å². The molecule has 468 valence electrons. The number of fused-ring (bicyclic) bond motifs is 8. The molecule has 24 nitrogen and oxygen atoms in total. The highest BCUT2D eigenvalue weighted by molar-refractivity contribution is 7.14. The van der Waals surface area contributed by atoms with Crippen molar-refractivity contribution in [1.82, 2.24) is 51.8 Å². The van der Waals surface area contributed by atoms with Gasteiger partial charge in [-0.2, -0.15) is 0 Å². The third-order valence-electron chi connectivity index (χ3n) is 15.2. The lowest BCUT2D eigenvalue weighted by atomic mass is 9.98. The van der Waals surface area contributed by atoms with Crippen LogP contribution in [0.3, 0.4) is 0 Å². The Hall–Kier alpha value is -8.52. The predicted octanol–water partition coefficient (Wildman–Crippen LogP) is 10.3. The Balaban J connectivity index is 0.958. The zero-order chi connectivity index (χ0) is 61.5. The minimum atomic E-state index is -0.926. The maximum Gasteiger partial charge on any atom is 0.407 e. The van der Waals surface area contributed by atoms with Crippen LogP contribution in [-0.2, 0) is 41.8 Å². The third kappa shape index (κ3) is 19.8. The number of hydrogen-bond acceptors (Lipinski definition) is 20. The Morgan fingerprint density at radius 3 is 1.28 bits per heavy atom. The first-order valence-corrected chi connectivity index (χ1v) is 31.9. The van der Waals surface area contributed by atoms with Crippen LogP contribution < -0.4 is 31.9 Å². The molecule has 0 spiro atoms. The molecule has 0 saturated heterocycles. The number of aromatic nitrogens is 4. The molecule has 0 radical (unpaired) electrons. The average molecular weight is 1250 g/mol. The van der Waals surface area contributed by atoms with Gasteiger partial charge in [-0.25, -0.2) is 29.5 Å². The summed E-state index contributed by atoms with van der Waals surface area (Å²) in [5.41, 5.74) is 1.67. The molecule has 26 heteroatoms. The minimum absolute atomic E-state index is 0.000526. The Labute approximate surface area is 516 Å². The summed E-state index contributed by atoms with van der Waals surface area (Å²) in [7, 11) is 0. The van der Waals surface area contributed by atoms with E-state index in [1.165, 1.54) is 24.8 Å². The first kappa shape index (κ1) is 64.0. The Bertz CT molecular complexity index is 3050. The van der Waals surface area contributed by atoms with Gasteiger partial charge in [0.15, 0.2) is 10.0 Å². The van der Waals surface area contributed by atoms with Crippen molar-refractivity contribution in [3.8, 4) is 0 Å². The summed E-state index contributed by atoms with van der Waals surface area (Å²) in [4.78, 5) is 128. The molecular weight excluding hydrogens is 1170 g/mol. The molecule has 6 aromatic rings. The number of oxazole rings is 2. The lowest BCUT2D eigenvalue weighted by molar-refractivity contribution is -0.151. The monoisotopic (exact) mass is 1250 g/mol. The fraction of sp³-hybridized carbons (Fsp3) is 0.484. The van der Waals surface area contributed by atoms with Gasteiger partial charge in [-0.15, -0.1) is 22.7 Å². The first-order chi connectivity index (χ1) is 42.9. The molecule has 4 aromatic heterocycles. The molecule has 8 bridgehead atoms. The smallest absolute Gasteiger partial charge is 0.407 e. The average Bonchev–Trinajstić information content (AvgIpc) is 4.62. The number of esters is 2. The molecule has 88 heavy (non-hydrogen) atoms. The molecule has 0 unspecified atom stereocenters. The van der Waals surface area contributed by atoms with Crippen LogP contribution in [0.4, 0.5) is 9.59 Å². The van der Waals surface area contributed by atoms with Gasteiger partial charge in [0.1, 0.15) is 37.5 Å². The molecule has 2 aromatic carbocycles. The number of amides is 6. The zero-order valence-corrected chi connectivity index (χ0v) is 50.5. The summed E-state index contributed by atoms with van der Waals surface area (Å²) in [6, 6.07) is 14.9. The van der Waals surface area contributed by atoms with E-state index in [0.29, 0.717) is 35.4 Å². The summed E-state index contributed by atoms with van der Waals surface area (Å²) >= 11 is 1.97. The van der Waals surface area contributed by atoms with Gasteiger partial charge in [0.2, 0.25) is 23.3 Å². The molecule has 9 rings (SSSR count). The van der Waals surface area contributed by atoms with E-state index in [2.05, 4.69) is 51.8 Å². The summed E-state index contributed by atoms with van der Waals surface area (Å²) in [6.07, 6.45) is 15.0. The molecule has 6 N–H and O–H groups in total. The number of carbonyl (C=O) groups excluding carboxylic acids is 8. The topological polar surface area (TPSA) is 324 Å². The lowest BCUT2D eigenvalue weighted by Crippen LogP contribution is -2.30. The fourth-order valence-corrected chi connectivity index (χ4v) is 12.3. The van der Waals surface area contributed by atoms with E-state index in [1.54, 1.807) is 0 Å². The largest absolute Gasteiger partial charge is 0.462 e. The lowest BCUT2D eigenvalue weighted by Gasteiger charge is -2.22. The number of ether oxygens (including phenoxy) is 4. The summed E-state index contributed by atoms with van der Waals surface area (Å²) < 4.78 is 34.6. The van der Waals surface area contributed by atoms with Crippen molar-refractivity contribution in [3.05, 3.63) is 140 Å². The van der Waals surface area contributed by atoms with E-state index in [-0.39, 0.29) is 110 Å². The summed E-state index contributed by atoms with van der Waals surface area (Å²) in [5, 5.41) is 17.3. The van der Waals surface area contributed by atoms with Crippen LogP contribution in [0.1, 0.15) is 226 Å². The maximum atomic E-state index is 14.3. The summed E-state index contributed by atoms with van der Waals surface area (Å²) in [5.74, 6) is -4.00. The van der Waals surface area contributed by atoms with Crippen LogP contribution >= 0.6 is 22.7 Å². The fourth-order valence-electron chi connectivity index (χ4n) is 10.5. The van der Waals surface area contributed by atoms with Crippen molar-refractivity contribution in [1.29, 1.82) is 0 Å². The Morgan fingerprint density at radius 2 is 0.875 bits per heavy atom. The minimum Gasteiger partial charge on any atom is -0.462 e. The number of benzene rings is 2. The van der Waals surface area contributed by atoms with Gasteiger partial charge in [-0.3, -0.25) is 28.8 Å². The van der Waals surface area contributed by atoms with Crippen molar-refractivity contribution in [2.45, 2.75) is 178 Å². The second kappa shape index (κ2) is 33.0. The van der Waals surface area contributed by atoms with Gasteiger partial charge in [0.25, 0.3) is 23.6 Å². The molecule has 5 heterocycles.